The molecular weight excluding hydrogens is 280 g/mol. The van der Waals surface area contributed by atoms with Gasteiger partial charge in [0.1, 0.15) is 5.82 Å². The van der Waals surface area contributed by atoms with Crippen LogP contribution in [0.5, 0.6) is 0 Å². The molecule has 0 unspecified atom stereocenters. The molecule has 114 valence electrons. The van der Waals surface area contributed by atoms with Crippen LogP contribution in [0.25, 0.3) is 0 Å². The number of aliphatic hydroxyl groups is 1. The summed E-state index contributed by atoms with van der Waals surface area (Å²) in [4.78, 5) is 8.78. The van der Waals surface area contributed by atoms with Gasteiger partial charge in [0.2, 0.25) is 0 Å². The number of hydrogen-bond acceptors (Lipinski definition) is 5. The number of rotatable bonds is 4. The number of β-amino-alcohol motifs (C(OH)–C–C–N with tert-alkyl or cyclic N) is 1. The molecule has 0 aromatic carbocycles. The van der Waals surface area contributed by atoms with Gasteiger partial charge in [0.25, 0.3) is 10.0 Å². The number of nitrogens with zero attached hydrogens (tertiary/aromatic N) is 3. The van der Waals surface area contributed by atoms with Crippen molar-refractivity contribution in [2.24, 2.45) is 0 Å². The van der Waals surface area contributed by atoms with Crippen LogP contribution in [0.4, 0.5) is 0 Å². The van der Waals surface area contributed by atoms with E-state index in [9.17, 15) is 13.5 Å². The molecule has 1 aliphatic rings. The highest BCUT2D eigenvalue weighted by molar-refractivity contribution is 7.89. The second kappa shape index (κ2) is 5.44. The molecule has 2 N–H and O–H groups in total. The van der Waals surface area contributed by atoms with Gasteiger partial charge in [-0.1, -0.05) is 0 Å². The zero-order valence-electron chi connectivity index (χ0n) is 12.1. The number of imidazole rings is 1. The summed E-state index contributed by atoms with van der Waals surface area (Å²) < 4.78 is 26.2. The van der Waals surface area contributed by atoms with Crippen molar-refractivity contribution in [1.29, 1.82) is 0 Å². The maximum atomic E-state index is 12.4. The topological polar surface area (TPSA) is 89.5 Å². The third-order valence-electron chi connectivity index (χ3n) is 3.24. The summed E-state index contributed by atoms with van der Waals surface area (Å²) in [5.74, 6) is 0.587. The van der Waals surface area contributed by atoms with Crippen molar-refractivity contribution < 1.29 is 13.5 Å². The molecule has 0 saturated carbocycles. The summed E-state index contributed by atoms with van der Waals surface area (Å²) in [5.41, 5.74) is -0.762. The summed E-state index contributed by atoms with van der Waals surface area (Å²) in [6, 6.07) is 0. The zero-order chi connectivity index (χ0) is 15.0. The quantitative estimate of drug-likeness (QED) is 0.803. The minimum absolute atomic E-state index is 0.144. The van der Waals surface area contributed by atoms with Gasteiger partial charge < -0.3 is 10.1 Å². The van der Waals surface area contributed by atoms with E-state index < -0.39 is 15.6 Å². The maximum absolute atomic E-state index is 12.4. The van der Waals surface area contributed by atoms with E-state index in [1.807, 2.05) is 0 Å². The smallest absolute Gasteiger partial charge is 0.260 e. The lowest BCUT2D eigenvalue weighted by atomic mass is 10.1. The third kappa shape index (κ3) is 3.57. The normalized spacial score (nSPS) is 19.4. The lowest BCUT2D eigenvalue weighted by Crippen LogP contribution is -2.51. The first-order valence-electron chi connectivity index (χ1n) is 6.65. The Kier molecular flexibility index (Phi) is 4.19. The van der Waals surface area contributed by atoms with E-state index in [-0.39, 0.29) is 5.03 Å². The van der Waals surface area contributed by atoms with Gasteiger partial charge in [0, 0.05) is 32.7 Å². The lowest BCUT2D eigenvalue weighted by Gasteiger charge is -2.36. The molecule has 8 heteroatoms. The van der Waals surface area contributed by atoms with Gasteiger partial charge in [0.15, 0.2) is 5.03 Å². The summed E-state index contributed by atoms with van der Waals surface area (Å²) >= 11 is 0. The number of hydrogen-bond donors (Lipinski definition) is 2. The zero-order valence-corrected chi connectivity index (χ0v) is 12.9. The van der Waals surface area contributed by atoms with E-state index in [0.717, 1.165) is 0 Å². The Morgan fingerprint density at radius 1 is 1.35 bits per heavy atom. The highest BCUT2D eigenvalue weighted by atomic mass is 32.2. The van der Waals surface area contributed by atoms with Gasteiger partial charge in [-0.25, -0.2) is 13.4 Å². The molecule has 2 heterocycles. The molecule has 1 aromatic heterocycles. The summed E-state index contributed by atoms with van der Waals surface area (Å²) in [7, 11) is -3.48. The average Bonchev–Trinajstić information content (AvgIpc) is 2.75. The third-order valence-corrected chi connectivity index (χ3v) is 5.05. The standard InChI is InChI=1S/C12H22N4O3S/c1-10-13-8-11(14-10)20(18,19)16-6-4-15(5-7-16)9-12(2,3)17/h8,17H,4-7,9H2,1-3H3,(H,13,14). The van der Waals surface area contributed by atoms with E-state index in [1.54, 1.807) is 20.8 Å². The number of aromatic nitrogens is 2. The van der Waals surface area contributed by atoms with E-state index in [0.29, 0.717) is 38.5 Å². The predicted octanol–water partition coefficient (Wildman–Crippen LogP) is -0.205. The molecule has 0 radical (unpaired) electrons. The van der Waals surface area contributed by atoms with Crippen LogP contribution in [0, 0.1) is 6.92 Å². The molecule has 1 aromatic rings. The monoisotopic (exact) mass is 302 g/mol. The van der Waals surface area contributed by atoms with Gasteiger partial charge in [0.05, 0.1) is 11.8 Å². The molecule has 0 spiro atoms. The number of piperazine rings is 1. The van der Waals surface area contributed by atoms with Gasteiger partial charge in [-0.3, -0.25) is 4.90 Å². The van der Waals surface area contributed by atoms with E-state index in [2.05, 4.69) is 14.9 Å². The molecule has 7 nitrogen and oxygen atoms in total. The van der Waals surface area contributed by atoms with Crippen LogP contribution < -0.4 is 0 Å². The molecule has 0 bridgehead atoms. The van der Waals surface area contributed by atoms with Crippen molar-refractivity contribution in [3.63, 3.8) is 0 Å². The first-order chi connectivity index (χ1) is 9.18. The molecule has 1 aliphatic heterocycles. The van der Waals surface area contributed by atoms with Crippen LogP contribution in [0.1, 0.15) is 19.7 Å². The molecule has 0 aliphatic carbocycles. The highest BCUT2D eigenvalue weighted by Gasteiger charge is 2.31. The van der Waals surface area contributed by atoms with Gasteiger partial charge in [-0.05, 0) is 20.8 Å². The number of aryl methyl sites for hydroxylation is 1. The second-order valence-corrected chi connectivity index (χ2v) is 7.73. The average molecular weight is 302 g/mol. The number of aromatic amines is 1. The number of nitrogens with one attached hydrogen (secondary N) is 1. The Bertz CT molecular complexity index is 554. The number of sulfonamides is 1. The molecule has 0 atom stereocenters. The van der Waals surface area contributed by atoms with Crippen LogP contribution in [-0.2, 0) is 10.0 Å². The Morgan fingerprint density at radius 3 is 2.40 bits per heavy atom. The van der Waals surface area contributed by atoms with Crippen LogP contribution in [-0.4, -0.2) is 71.0 Å². The first kappa shape index (κ1) is 15.4. The second-order valence-electron chi connectivity index (χ2n) is 5.83. The molecule has 0 amide bonds. The van der Waals surface area contributed by atoms with Crippen LogP contribution in [0.3, 0.4) is 0 Å². The van der Waals surface area contributed by atoms with Crippen LogP contribution in [0.2, 0.25) is 0 Å². The van der Waals surface area contributed by atoms with E-state index in [1.165, 1.54) is 10.5 Å². The van der Waals surface area contributed by atoms with Crippen LogP contribution >= 0.6 is 0 Å². The Balaban J connectivity index is 2.00. The Labute approximate surface area is 119 Å². The van der Waals surface area contributed by atoms with Crippen molar-refractivity contribution in [3.8, 4) is 0 Å². The van der Waals surface area contributed by atoms with E-state index in [4.69, 9.17) is 0 Å². The van der Waals surface area contributed by atoms with Crippen molar-refractivity contribution >= 4 is 10.0 Å². The van der Waals surface area contributed by atoms with Gasteiger partial charge in [-0.2, -0.15) is 4.31 Å². The van der Waals surface area contributed by atoms with Crippen molar-refractivity contribution in [2.75, 3.05) is 32.7 Å². The summed E-state index contributed by atoms with van der Waals surface area (Å²) in [5, 5.41) is 9.93. The molecule has 1 saturated heterocycles. The van der Waals surface area contributed by atoms with Crippen molar-refractivity contribution in [1.82, 2.24) is 19.2 Å². The SMILES string of the molecule is Cc1ncc(S(=O)(=O)N2CCN(CC(C)(C)O)CC2)[nH]1. The summed E-state index contributed by atoms with van der Waals surface area (Å²) in [6.07, 6.45) is 1.36. The van der Waals surface area contributed by atoms with Crippen LogP contribution in [0.15, 0.2) is 11.2 Å². The van der Waals surface area contributed by atoms with Crippen molar-refractivity contribution in [3.05, 3.63) is 12.0 Å². The predicted molar refractivity (Wildman–Crippen MR) is 74.8 cm³/mol. The Morgan fingerprint density at radius 2 is 1.95 bits per heavy atom. The minimum atomic E-state index is -3.48. The molecule has 1 fully saturated rings. The van der Waals surface area contributed by atoms with E-state index >= 15 is 0 Å². The molecule has 20 heavy (non-hydrogen) atoms. The van der Waals surface area contributed by atoms with Crippen molar-refractivity contribution in [2.45, 2.75) is 31.4 Å². The largest absolute Gasteiger partial charge is 0.389 e. The van der Waals surface area contributed by atoms with Gasteiger partial charge in [-0.15, -0.1) is 0 Å². The summed E-state index contributed by atoms with van der Waals surface area (Å²) in [6.45, 7) is 7.87. The fraction of sp³-hybridized carbons (Fsp3) is 0.750. The maximum Gasteiger partial charge on any atom is 0.260 e. The first-order valence-corrected chi connectivity index (χ1v) is 8.09. The minimum Gasteiger partial charge on any atom is -0.389 e. The molecule has 2 rings (SSSR count). The lowest BCUT2D eigenvalue weighted by molar-refractivity contribution is 0.0263. The number of H-pyrrole nitrogens is 1. The fourth-order valence-electron chi connectivity index (χ4n) is 2.34. The molecular formula is C12H22N4O3S. The van der Waals surface area contributed by atoms with Gasteiger partial charge >= 0.3 is 0 Å². The fourth-order valence-corrected chi connectivity index (χ4v) is 3.73. The Hall–Kier alpha value is -0.960. The highest BCUT2D eigenvalue weighted by Crippen LogP contribution is 2.16.